The largest absolute Gasteiger partial charge is 0.493 e. The molecule has 0 bridgehead atoms. The first-order chi connectivity index (χ1) is 12.1. The average Bonchev–Trinajstić information content (AvgIpc) is 2.62. The first-order valence-corrected chi connectivity index (χ1v) is 9.36. The molecule has 0 radical (unpaired) electrons. The molecule has 3 rings (SSSR count). The Morgan fingerprint density at radius 2 is 1.84 bits per heavy atom. The van der Waals surface area contributed by atoms with E-state index in [1.54, 1.807) is 14.2 Å². The second-order valence-corrected chi connectivity index (χ2v) is 7.37. The molecule has 25 heavy (non-hydrogen) atoms. The van der Waals surface area contributed by atoms with E-state index in [9.17, 15) is 4.79 Å². The lowest BCUT2D eigenvalue weighted by atomic mass is 9.86. The number of nitrogens with one attached hydrogen (secondary N) is 1. The summed E-state index contributed by atoms with van der Waals surface area (Å²) in [6, 6.07) is 4.46. The second-order valence-electron chi connectivity index (χ2n) is 7.37. The molecule has 1 heterocycles. The van der Waals surface area contributed by atoms with Crippen molar-refractivity contribution in [2.45, 2.75) is 51.6 Å². The van der Waals surface area contributed by atoms with Crippen molar-refractivity contribution in [3.63, 3.8) is 0 Å². The lowest BCUT2D eigenvalue weighted by Gasteiger charge is -2.32. The number of fused-ring (bicyclic) bond motifs is 1. The fourth-order valence-corrected chi connectivity index (χ4v) is 4.06. The van der Waals surface area contributed by atoms with E-state index < -0.39 is 0 Å². The molecule has 1 aliphatic heterocycles. The minimum absolute atomic E-state index is 0.155. The monoisotopic (exact) mass is 346 g/mol. The van der Waals surface area contributed by atoms with E-state index in [1.807, 2.05) is 6.07 Å². The van der Waals surface area contributed by atoms with Crippen LogP contribution in [0, 0.1) is 5.92 Å². The minimum Gasteiger partial charge on any atom is -0.493 e. The Labute approximate surface area is 150 Å². The molecule has 1 aromatic rings. The zero-order valence-corrected chi connectivity index (χ0v) is 15.6. The number of carbonyl (C=O) groups is 1. The van der Waals surface area contributed by atoms with Gasteiger partial charge in [-0.3, -0.25) is 9.69 Å². The number of amides is 1. The molecule has 0 spiro atoms. The van der Waals surface area contributed by atoms with Crippen LogP contribution in [0.2, 0.25) is 0 Å². The van der Waals surface area contributed by atoms with Gasteiger partial charge >= 0.3 is 0 Å². The third kappa shape index (κ3) is 4.27. The van der Waals surface area contributed by atoms with E-state index in [0.29, 0.717) is 18.5 Å². The summed E-state index contributed by atoms with van der Waals surface area (Å²) in [5.41, 5.74) is 2.51. The Kier molecular flexibility index (Phi) is 5.84. The van der Waals surface area contributed by atoms with Crippen molar-refractivity contribution < 1.29 is 14.3 Å². The van der Waals surface area contributed by atoms with E-state index >= 15 is 0 Å². The van der Waals surface area contributed by atoms with Gasteiger partial charge in [0.1, 0.15) is 0 Å². The maximum absolute atomic E-state index is 12.5. The zero-order valence-electron chi connectivity index (χ0n) is 15.6. The molecule has 0 unspecified atom stereocenters. The van der Waals surface area contributed by atoms with Crippen LogP contribution in [0.1, 0.15) is 43.7 Å². The van der Waals surface area contributed by atoms with Gasteiger partial charge in [-0.25, -0.2) is 0 Å². The molecule has 1 fully saturated rings. The number of ether oxygens (including phenoxy) is 2. The molecule has 2 aliphatic rings. The molecule has 1 aliphatic carbocycles. The normalized spacial score (nSPS) is 23.6. The Bertz CT molecular complexity index is 617. The summed E-state index contributed by atoms with van der Waals surface area (Å²) in [5.74, 6) is 2.28. The lowest BCUT2D eigenvalue weighted by Crippen LogP contribution is -2.46. The van der Waals surface area contributed by atoms with Gasteiger partial charge in [-0.05, 0) is 48.4 Å². The van der Waals surface area contributed by atoms with Crippen LogP contribution in [-0.2, 0) is 17.8 Å². The van der Waals surface area contributed by atoms with Crippen LogP contribution in [-0.4, -0.2) is 44.2 Å². The van der Waals surface area contributed by atoms with Crippen LogP contribution in [0.4, 0.5) is 0 Å². The quantitative estimate of drug-likeness (QED) is 0.891. The zero-order chi connectivity index (χ0) is 17.8. The third-order valence-corrected chi connectivity index (χ3v) is 5.62. The molecule has 1 amide bonds. The molecule has 5 heteroatoms. The predicted molar refractivity (Wildman–Crippen MR) is 98.1 cm³/mol. The van der Waals surface area contributed by atoms with E-state index in [4.69, 9.17) is 9.47 Å². The van der Waals surface area contributed by atoms with Gasteiger partial charge in [0, 0.05) is 19.1 Å². The van der Waals surface area contributed by atoms with E-state index in [2.05, 4.69) is 23.2 Å². The van der Waals surface area contributed by atoms with Gasteiger partial charge < -0.3 is 14.8 Å². The topological polar surface area (TPSA) is 50.8 Å². The van der Waals surface area contributed by atoms with Gasteiger partial charge in [0.2, 0.25) is 5.91 Å². The highest BCUT2D eigenvalue weighted by Gasteiger charge is 2.25. The highest BCUT2D eigenvalue weighted by atomic mass is 16.5. The Morgan fingerprint density at radius 1 is 1.16 bits per heavy atom. The molecule has 1 aromatic carbocycles. The summed E-state index contributed by atoms with van der Waals surface area (Å²) in [7, 11) is 3.32. The average molecular weight is 346 g/mol. The summed E-state index contributed by atoms with van der Waals surface area (Å²) in [6.07, 6.45) is 5.80. The van der Waals surface area contributed by atoms with Crippen LogP contribution in [0.5, 0.6) is 11.5 Å². The third-order valence-electron chi connectivity index (χ3n) is 5.62. The van der Waals surface area contributed by atoms with Gasteiger partial charge in [-0.2, -0.15) is 0 Å². The highest BCUT2D eigenvalue weighted by molar-refractivity contribution is 5.78. The molecule has 1 N–H and O–H groups in total. The smallest absolute Gasteiger partial charge is 0.234 e. The Balaban J connectivity index is 1.59. The van der Waals surface area contributed by atoms with Crippen LogP contribution >= 0.6 is 0 Å². The molecule has 0 saturated heterocycles. The van der Waals surface area contributed by atoms with Crippen molar-refractivity contribution in [1.29, 1.82) is 0 Å². The predicted octanol–water partition coefficient (Wildman–Crippen LogP) is 2.76. The van der Waals surface area contributed by atoms with E-state index in [-0.39, 0.29) is 5.91 Å². The Morgan fingerprint density at radius 3 is 2.52 bits per heavy atom. The number of methoxy groups -OCH3 is 2. The van der Waals surface area contributed by atoms with Gasteiger partial charge in [0.25, 0.3) is 0 Å². The first kappa shape index (κ1) is 18.1. The summed E-state index contributed by atoms with van der Waals surface area (Å²) in [6.45, 7) is 4.40. The second kappa shape index (κ2) is 8.09. The number of hydrogen-bond acceptors (Lipinski definition) is 4. The van der Waals surface area contributed by atoms with Crippen LogP contribution in [0.25, 0.3) is 0 Å². The summed E-state index contributed by atoms with van der Waals surface area (Å²) < 4.78 is 10.8. The van der Waals surface area contributed by atoms with Gasteiger partial charge in [0.05, 0.1) is 20.8 Å². The van der Waals surface area contributed by atoms with E-state index in [0.717, 1.165) is 37.4 Å². The van der Waals surface area contributed by atoms with Crippen molar-refractivity contribution in [3.05, 3.63) is 23.3 Å². The molecule has 2 atom stereocenters. The number of hydrogen-bond donors (Lipinski definition) is 1. The van der Waals surface area contributed by atoms with Gasteiger partial charge in [-0.15, -0.1) is 0 Å². The minimum atomic E-state index is 0.155. The summed E-state index contributed by atoms with van der Waals surface area (Å²) >= 11 is 0. The fraction of sp³-hybridized carbons (Fsp3) is 0.650. The summed E-state index contributed by atoms with van der Waals surface area (Å²) in [5, 5.41) is 3.26. The van der Waals surface area contributed by atoms with Crippen LogP contribution in [0.15, 0.2) is 12.1 Å². The highest BCUT2D eigenvalue weighted by Crippen LogP contribution is 2.33. The fourth-order valence-electron chi connectivity index (χ4n) is 4.06. The maximum atomic E-state index is 12.5. The molecular formula is C20H30N2O3. The molecule has 5 nitrogen and oxygen atoms in total. The standard InChI is InChI=1S/C20H30N2O3/c1-14-6-4-5-7-17(14)21-20(23)13-22-9-8-15-10-18(24-2)19(25-3)11-16(15)12-22/h10-11,14,17H,4-9,12-13H2,1-3H3,(H,21,23)/t14-,17+/m0/s1. The first-order valence-electron chi connectivity index (χ1n) is 9.36. The number of benzene rings is 1. The van der Waals surface area contributed by atoms with Crippen molar-refractivity contribution >= 4 is 5.91 Å². The van der Waals surface area contributed by atoms with Crippen molar-refractivity contribution in [2.75, 3.05) is 27.3 Å². The molecule has 1 saturated carbocycles. The number of nitrogens with zero attached hydrogens (tertiary/aromatic N) is 1. The SMILES string of the molecule is COc1cc2c(cc1OC)CN(CC(=O)N[C@@H]1CCCC[C@@H]1C)CC2. The maximum Gasteiger partial charge on any atom is 0.234 e. The van der Waals surface area contributed by atoms with Gasteiger partial charge in [-0.1, -0.05) is 19.8 Å². The molecular weight excluding hydrogens is 316 g/mol. The Hall–Kier alpha value is -1.75. The van der Waals surface area contributed by atoms with Gasteiger partial charge in [0.15, 0.2) is 11.5 Å². The summed E-state index contributed by atoms with van der Waals surface area (Å²) in [4.78, 5) is 14.7. The molecule has 138 valence electrons. The van der Waals surface area contributed by atoms with Crippen LogP contribution in [0.3, 0.4) is 0 Å². The van der Waals surface area contributed by atoms with Crippen molar-refractivity contribution in [2.24, 2.45) is 5.92 Å². The molecule has 0 aromatic heterocycles. The van der Waals surface area contributed by atoms with Crippen LogP contribution < -0.4 is 14.8 Å². The van der Waals surface area contributed by atoms with E-state index in [1.165, 1.54) is 30.4 Å². The van der Waals surface area contributed by atoms with Crippen molar-refractivity contribution in [3.8, 4) is 11.5 Å². The lowest BCUT2D eigenvalue weighted by molar-refractivity contribution is -0.123. The number of rotatable bonds is 5. The van der Waals surface area contributed by atoms with Crippen molar-refractivity contribution in [1.82, 2.24) is 10.2 Å². The number of carbonyl (C=O) groups excluding carboxylic acids is 1.